The maximum Gasteiger partial charge on any atom is 0.412 e. The summed E-state index contributed by atoms with van der Waals surface area (Å²) >= 11 is 1.86. The average molecular weight is 337 g/mol. The molecule has 0 saturated carbocycles. The number of amides is 1. The molecule has 2 rings (SSSR count). The average Bonchev–Trinajstić information content (AvgIpc) is 2.79. The van der Waals surface area contributed by atoms with Crippen LogP contribution in [0, 0.1) is 0 Å². The third kappa shape index (κ3) is 5.43. The number of hydrogen-bond donors (Lipinski definition) is 2. The first-order chi connectivity index (χ1) is 10.8. The number of ether oxygens (including phenoxy) is 1. The van der Waals surface area contributed by atoms with E-state index in [9.17, 15) is 4.79 Å². The summed E-state index contributed by atoms with van der Waals surface area (Å²) in [5, 5.41) is 6.51. The van der Waals surface area contributed by atoms with Crippen LogP contribution in [-0.2, 0) is 11.2 Å². The lowest BCUT2D eigenvalue weighted by Crippen LogP contribution is -2.31. The summed E-state index contributed by atoms with van der Waals surface area (Å²) in [6.07, 6.45) is 3.89. The number of aryl methyl sites for hydroxylation is 1. The van der Waals surface area contributed by atoms with Gasteiger partial charge in [0.2, 0.25) is 0 Å². The van der Waals surface area contributed by atoms with Crippen molar-refractivity contribution in [2.45, 2.75) is 58.2 Å². The van der Waals surface area contributed by atoms with E-state index in [1.165, 1.54) is 11.1 Å². The smallest absolute Gasteiger partial charge is 0.412 e. The second-order valence-electron chi connectivity index (χ2n) is 7.15. The Labute approximate surface area is 143 Å². The standard InChI is InChI=1S/C18H28N2O2S/c1-12(11-23-5)19-16-9-6-13-10-14(7-8-15(13)16)20-17(21)22-18(2,3)4/h7-8,10,12,16,19H,6,9,11H2,1-5H3,(H,20,21). The van der Waals surface area contributed by atoms with Gasteiger partial charge in [-0.15, -0.1) is 0 Å². The van der Waals surface area contributed by atoms with E-state index in [4.69, 9.17) is 4.74 Å². The van der Waals surface area contributed by atoms with Crippen LogP contribution in [0.3, 0.4) is 0 Å². The molecular weight excluding hydrogens is 308 g/mol. The fourth-order valence-electron chi connectivity index (χ4n) is 2.93. The Morgan fingerprint density at radius 2 is 2.17 bits per heavy atom. The normalized spacial score (nSPS) is 18.4. The summed E-state index contributed by atoms with van der Waals surface area (Å²) in [6.45, 7) is 7.82. The van der Waals surface area contributed by atoms with Gasteiger partial charge in [0.25, 0.3) is 0 Å². The maximum absolute atomic E-state index is 11.9. The predicted molar refractivity (Wildman–Crippen MR) is 98.3 cm³/mol. The zero-order valence-electron chi connectivity index (χ0n) is 14.7. The van der Waals surface area contributed by atoms with Crippen molar-refractivity contribution < 1.29 is 9.53 Å². The molecule has 1 aliphatic carbocycles. The van der Waals surface area contributed by atoms with Crippen LogP contribution in [0.25, 0.3) is 0 Å². The number of rotatable bonds is 5. The van der Waals surface area contributed by atoms with Crippen LogP contribution < -0.4 is 10.6 Å². The van der Waals surface area contributed by atoms with Crippen LogP contribution >= 0.6 is 11.8 Å². The highest BCUT2D eigenvalue weighted by molar-refractivity contribution is 7.98. The Hall–Kier alpha value is -1.20. The lowest BCUT2D eigenvalue weighted by Gasteiger charge is -2.21. The Morgan fingerprint density at radius 1 is 1.43 bits per heavy atom. The molecule has 1 aromatic carbocycles. The van der Waals surface area contributed by atoms with Crippen molar-refractivity contribution in [3.05, 3.63) is 29.3 Å². The number of nitrogens with one attached hydrogen (secondary N) is 2. The van der Waals surface area contributed by atoms with E-state index in [0.29, 0.717) is 12.1 Å². The molecule has 0 radical (unpaired) electrons. The number of carbonyl (C=O) groups is 1. The van der Waals surface area contributed by atoms with Gasteiger partial charge in [0.15, 0.2) is 0 Å². The van der Waals surface area contributed by atoms with Crippen molar-refractivity contribution in [1.29, 1.82) is 0 Å². The molecule has 5 heteroatoms. The molecular formula is C18H28N2O2S. The van der Waals surface area contributed by atoms with Crippen molar-refractivity contribution in [1.82, 2.24) is 5.32 Å². The van der Waals surface area contributed by atoms with Crippen molar-refractivity contribution in [3.63, 3.8) is 0 Å². The first-order valence-corrected chi connectivity index (χ1v) is 9.55. The SMILES string of the molecule is CSCC(C)NC1CCc2cc(NC(=O)OC(C)(C)C)ccc21. The second kappa shape index (κ2) is 7.58. The molecule has 1 amide bonds. The first-order valence-electron chi connectivity index (χ1n) is 8.16. The van der Waals surface area contributed by atoms with Crippen LogP contribution in [0.2, 0.25) is 0 Å². The highest BCUT2D eigenvalue weighted by Crippen LogP contribution is 2.33. The third-order valence-corrected chi connectivity index (χ3v) is 4.60. The molecule has 0 spiro atoms. The molecule has 0 aromatic heterocycles. The molecule has 1 aromatic rings. The van der Waals surface area contributed by atoms with Gasteiger partial charge in [0, 0.05) is 23.5 Å². The second-order valence-corrected chi connectivity index (χ2v) is 8.07. The fraction of sp³-hybridized carbons (Fsp3) is 0.611. The van der Waals surface area contributed by atoms with Gasteiger partial charge < -0.3 is 10.1 Å². The first kappa shape index (κ1) is 18.1. The molecule has 4 nitrogen and oxygen atoms in total. The van der Waals surface area contributed by atoms with Crippen LogP contribution in [0.4, 0.5) is 10.5 Å². The highest BCUT2D eigenvalue weighted by Gasteiger charge is 2.24. The minimum absolute atomic E-state index is 0.404. The Balaban J connectivity index is 2.00. The predicted octanol–water partition coefficient (Wildman–Crippen LogP) is 4.36. The zero-order valence-corrected chi connectivity index (χ0v) is 15.5. The van der Waals surface area contributed by atoms with Crippen LogP contribution in [0.5, 0.6) is 0 Å². The van der Waals surface area contributed by atoms with E-state index >= 15 is 0 Å². The van der Waals surface area contributed by atoms with Crippen LogP contribution in [0.15, 0.2) is 18.2 Å². The summed E-state index contributed by atoms with van der Waals surface area (Å²) < 4.78 is 5.30. The zero-order chi connectivity index (χ0) is 17.0. The van der Waals surface area contributed by atoms with Crippen molar-refractivity contribution in [2.75, 3.05) is 17.3 Å². The van der Waals surface area contributed by atoms with Gasteiger partial charge in [-0.3, -0.25) is 5.32 Å². The largest absolute Gasteiger partial charge is 0.444 e. The third-order valence-electron chi connectivity index (χ3n) is 3.77. The number of fused-ring (bicyclic) bond motifs is 1. The Morgan fingerprint density at radius 3 is 2.83 bits per heavy atom. The van der Waals surface area contributed by atoms with Crippen molar-refractivity contribution in [3.8, 4) is 0 Å². The van der Waals surface area contributed by atoms with Crippen LogP contribution in [0.1, 0.15) is 51.3 Å². The summed E-state index contributed by atoms with van der Waals surface area (Å²) in [6, 6.07) is 7.07. The highest BCUT2D eigenvalue weighted by atomic mass is 32.2. The van der Waals surface area contributed by atoms with Gasteiger partial charge in [0.1, 0.15) is 5.60 Å². The van der Waals surface area contributed by atoms with E-state index in [1.54, 1.807) is 0 Å². The number of anilines is 1. The molecule has 2 N–H and O–H groups in total. The fourth-order valence-corrected chi connectivity index (χ4v) is 3.53. The molecule has 2 unspecified atom stereocenters. The molecule has 0 bridgehead atoms. The van der Waals surface area contributed by atoms with Gasteiger partial charge in [-0.1, -0.05) is 6.07 Å². The minimum atomic E-state index is -0.483. The van der Waals surface area contributed by atoms with Gasteiger partial charge in [-0.05, 0) is 70.1 Å². The van der Waals surface area contributed by atoms with Gasteiger partial charge in [0.05, 0.1) is 0 Å². The Bertz CT molecular complexity index is 554. The molecule has 128 valence electrons. The summed E-state index contributed by atoms with van der Waals surface area (Å²) in [5.41, 5.74) is 2.99. The number of carbonyl (C=O) groups excluding carboxylic acids is 1. The van der Waals surface area contributed by atoms with E-state index in [2.05, 4.69) is 35.9 Å². The minimum Gasteiger partial charge on any atom is -0.444 e. The molecule has 0 aliphatic heterocycles. The number of hydrogen-bond acceptors (Lipinski definition) is 4. The molecule has 0 fully saturated rings. The van der Waals surface area contributed by atoms with E-state index < -0.39 is 11.7 Å². The summed E-state index contributed by atoms with van der Waals surface area (Å²) in [5.74, 6) is 1.12. The monoisotopic (exact) mass is 336 g/mol. The lowest BCUT2D eigenvalue weighted by molar-refractivity contribution is 0.0636. The van der Waals surface area contributed by atoms with Crippen LogP contribution in [-0.4, -0.2) is 29.7 Å². The van der Waals surface area contributed by atoms with Gasteiger partial charge >= 0.3 is 6.09 Å². The van der Waals surface area contributed by atoms with E-state index in [0.717, 1.165) is 24.3 Å². The summed E-state index contributed by atoms with van der Waals surface area (Å²) in [4.78, 5) is 11.9. The Kier molecular flexibility index (Phi) is 5.98. The topological polar surface area (TPSA) is 50.4 Å². The number of benzene rings is 1. The molecule has 1 aliphatic rings. The maximum atomic E-state index is 11.9. The van der Waals surface area contributed by atoms with Gasteiger partial charge in [-0.25, -0.2) is 4.79 Å². The van der Waals surface area contributed by atoms with Gasteiger partial charge in [-0.2, -0.15) is 11.8 Å². The number of thioether (sulfide) groups is 1. The molecule has 0 heterocycles. The van der Waals surface area contributed by atoms with E-state index in [-0.39, 0.29) is 0 Å². The van der Waals surface area contributed by atoms with E-state index in [1.807, 2.05) is 38.6 Å². The van der Waals surface area contributed by atoms with Crippen molar-refractivity contribution in [2.24, 2.45) is 0 Å². The quantitative estimate of drug-likeness (QED) is 0.839. The summed E-state index contributed by atoms with van der Waals surface area (Å²) in [7, 11) is 0. The van der Waals surface area contributed by atoms with Crippen molar-refractivity contribution >= 4 is 23.5 Å². The lowest BCUT2D eigenvalue weighted by atomic mass is 10.1. The molecule has 23 heavy (non-hydrogen) atoms. The molecule has 2 atom stereocenters. The molecule has 0 saturated heterocycles.